The van der Waals surface area contributed by atoms with Gasteiger partial charge in [0.2, 0.25) is 0 Å². The third-order valence-corrected chi connectivity index (χ3v) is 4.96. The van der Waals surface area contributed by atoms with Crippen LogP contribution in [-0.4, -0.2) is 11.0 Å². The number of nitrogens with one attached hydrogen (secondary N) is 1. The van der Waals surface area contributed by atoms with Gasteiger partial charge in [-0.05, 0) is 34.5 Å². The van der Waals surface area contributed by atoms with E-state index in [1.54, 1.807) is 6.07 Å². The number of benzene rings is 1. The minimum absolute atomic E-state index is 0.127. The first-order valence-electron chi connectivity index (χ1n) is 6.79. The minimum Gasteiger partial charge on any atom is -0.310 e. The average Bonchev–Trinajstić information content (AvgIpc) is 2.85. The lowest BCUT2D eigenvalue weighted by molar-refractivity contribution is 0.505. The van der Waals surface area contributed by atoms with Crippen LogP contribution in [0.2, 0.25) is 0 Å². The van der Waals surface area contributed by atoms with Crippen LogP contribution in [0.5, 0.6) is 0 Å². The zero-order valence-corrected chi connectivity index (χ0v) is 14.5. The van der Waals surface area contributed by atoms with Gasteiger partial charge < -0.3 is 5.32 Å². The van der Waals surface area contributed by atoms with Crippen molar-refractivity contribution in [2.75, 3.05) is 0 Å². The molecule has 0 saturated carbocycles. The SMILES string of the molecule is CCc1nc(-c2ccc(F)c(F)c2Br)sc1CNC(C)C. The molecular weight excluding hydrogens is 358 g/mol. The molecule has 2 aromatic rings. The highest BCUT2D eigenvalue weighted by molar-refractivity contribution is 9.10. The molecule has 0 atom stereocenters. The molecule has 21 heavy (non-hydrogen) atoms. The number of rotatable bonds is 5. The summed E-state index contributed by atoms with van der Waals surface area (Å²) in [4.78, 5) is 5.70. The highest BCUT2D eigenvalue weighted by Gasteiger charge is 2.17. The second-order valence-electron chi connectivity index (χ2n) is 5.00. The third kappa shape index (κ3) is 3.67. The van der Waals surface area contributed by atoms with Crippen molar-refractivity contribution in [3.8, 4) is 10.6 Å². The molecule has 2 rings (SSSR count). The Morgan fingerprint density at radius 2 is 2.05 bits per heavy atom. The Kier molecular flexibility index (Phi) is 5.46. The summed E-state index contributed by atoms with van der Waals surface area (Å²) in [6.45, 7) is 6.94. The predicted molar refractivity (Wildman–Crippen MR) is 86.5 cm³/mol. The maximum atomic E-state index is 13.7. The van der Waals surface area contributed by atoms with E-state index in [0.29, 0.717) is 16.6 Å². The average molecular weight is 375 g/mol. The van der Waals surface area contributed by atoms with E-state index >= 15 is 0 Å². The lowest BCUT2D eigenvalue weighted by Gasteiger charge is -2.06. The third-order valence-electron chi connectivity index (χ3n) is 3.05. The molecule has 0 fully saturated rings. The summed E-state index contributed by atoms with van der Waals surface area (Å²) in [5.41, 5.74) is 1.59. The van der Waals surface area contributed by atoms with Crippen LogP contribution in [0.4, 0.5) is 8.78 Å². The van der Waals surface area contributed by atoms with E-state index in [4.69, 9.17) is 0 Å². The van der Waals surface area contributed by atoms with Crippen molar-refractivity contribution in [3.63, 3.8) is 0 Å². The van der Waals surface area contributed by atoms with Crippen LogP contribution >= 0.6 is 27.3 Å². The zero-order chi connectivity index (χ0) is 15.6. The van der Waals surface area contributed by atoms with Crippen LogP contribution in [0, 0.1) is 11.6 Å². The lowest BCUT2D eigenvalue weighted by atomic mass is 10.2. The van der Waals surface area contributed by atoms with E-state index in [2.05, 4.69) is 40.1 Å². The quantitative estimate of drug-likeness (QED) is 0.751. The van der Waals surface area contributed by atoms with E-state index in [1.807, 2.05) is 6.92 Å². The van der Waals surface area contributed by atoms with E-state index < -0.39 is 11.6 Å². The van der Waals surface area contributed by atoms with Gasteiger partial charge in [0.1, 0.15) is 5.01 Å². The Bertz CT molecular complexity index is 641. The van der Waals surface area contributed by atoms with E-state index in [0.717, 1.165) is 29.6 Å². The van der Waals surface area contributed by atoms with Gasteiger partial charge in [-0.3, -0.25) is 0 Å². The second-order valence-corrected chi connectivity index (χ2v) is 6.88. The highest BCUT2D eigenvalue weighted by Crippen LogP contribution is 2.35. The van der Waals surface area contributed by atoms with Crippen LogP contribution in [0.1, 0.15) is 31.3 Å². The smallest absolute Gasteiger partial charge is 0.173 e. The van der Waals surface area contributed by atoms with Gasteiger partial charge in [0.15, 0.2) is 11.6 Å². The Morgan fingerprint density at radius 3 is 2.67 bits per heavy atom. The molecule has 1 N–H and O–H groups in total. The summed E-state index contributed by atoms with van der Waals surface area (Å²) in [6, 6.07) is 3.07. The van der Waals surface area contributed by atoms with Crippen LogP contribution in [0.3, 0.4) is 0 Å². The van der Waals surface area contributed by atoms with Gasteiger partial charge in [0.05, 0.1) is 10.2 Å². The van der Waals surface area contributed by atoms with Crippen LogP contribution in [0.15, 0.2) is 16.6 Å². The number of hydrogen-bond acceptors (Lipinski definition) is 3. The van der Waals surface area contributed by atoms with Crippen molar-refractivity contribution >= 4 is 27.3 Å². The molecule has 1 aromatic carbocycles. The number of aromatic nitrogens is 1. The molecular formula is C15H17BrF2N2S. The first-order chi connectivity index (χ1) is 9.93. The Morgan fingerprint density at radius 1 is 1.33 bits per heavy atom. The second kappa shape index (κ2) is 6.94. The summed E-state index contributed by atoms with van der Waals surface area (Å²) in [5, 5.41) is 4.07. The Hall–Kier alpha value is -0.850. The fourth-order valence-electron chi connectivity index (χ4n) is 1.90. The van der Waals surface area contributed by atoms with Gasteiger partial charge in [-0.1, -0.05) is 20.8 Å². The van der Waals surface area contributed by atoms with Gasteiger partial charge in [0.25, 0.3) is 0 Å². The molecule has 1 heterocycles. The number of halogens is 3. The molecule has 0 aliphatic rings. The van der Waals surface area contributed by atoms with Gasteiger partial charge in [0, 0.05) is 23.0 Å². The molecule has 0 spiro atoms. The standard InChI is InChI=1S/C15H17BrF2N2S/c1-4-11-12(7-19-8(2)3)21-15(20-11)9-5-6-10(17)14(18)13(9)16/h5-6,8,19H,4,7H2,1-3H3. The summed E-state index contributed by atoms with van der Waals surface area (Å²) < 4.78 is 27.0. The van der Waals surface area contributed by atoms with E-state index in [9.17, 15) is 8.78 Å². The molecule has 2 nitrogen and oxygen atoms in total. The highest BCUT2D eigenvalue weighted by atomic mass is 79.9. The maximum Gasteiger partial charge on any atom is 0.173 e. The molecule has 0 aliphatic carbocycles. The molecule has 0 saturated heterocycles. The summed E-state index contributed by atoms with van der Waals surface area (Å²) >= 11 is 4.64. The first-order valence-corrected chi connectivity index (χ1v) is 8.40. The fraction of sp³-hybridized carbons (Fsp3) is 0.400. The van der Waals surface area contributed by atoms with Gasteiger partial charge in [-0.15, -0.1) is 11.3 Å². The van der Waals surface area contributed by atoms with Gasteiger partial charge >= 0.3 is 0 Å². The van der Waals surface area contributed by atoms with Gasteiger partial charge in [-0.25, -0.2) is 13.8 Å². The monoisotopic (exact) mass is 374 g/mol. The van der Waals surface area contributed by atoms with Crippen LogP contribution < -0.4 is 5.32 Å². The zero-order valence-electron chi connectivity index (χ0n) is 12.1. The molecule has 0 amide bonds. The molecule has 0 radical (unpaired) electrons. The number of hydrogen-bond donors (Lipinski definition) is 1. The summed E-state index contributed by atoms with van der Waals surface area (Å²) in [6.07, 6.45) is 0.812. The largest absolute Gasteiger partial charge is 0.310 e. The summed E-state index contributed by atoms with van der Waals surface area (Å²) in [5.74, 6) is -1.73. The maximum absolute atomic E-state index is 13.7. The van der Waals surface area contributed by atoms with Gasteiger partial charge in [-0.2, -0.15) is 0 Å². The van der Waals surface area contributed by atoms with E-state index in [1.165, 1.54) is 11.3 Å². The van der Waals surface area contributed by atoms with Crippen molar-refractivity contribution in [3.05, 3.63) is 38.8 Å². The molecule has 0 unspecified atom stereocenters. The fourth-order valence-corrected chi connectivity index (χ4v) is 3.67. The molecule has 0 bridgehead atoms. The minimum atomic E-state index is -0.873. The number of nitrogens with zero attached hydrogens (tertiary/aromatic N) is 1. The lowest BCUT2D eigenvalue weighted by Crippen LogP contribution is -2.21. The van der Waals surface area contributed by atoms with Crippen LogP contribution in [-0.2, 0) is 13.0 Å². The van der Waals surface area contributed by atoms with Crippen molar-refractivity contribution in [2.45, 2.75) is 39.8 Å². The summed E-state index contributed by atoms with van der Waals surface area (Å²) in [7, 11) is 0. The normalized spacial score (nSPS) is 11.4. The number of aryl methyl sites for hydroxylation is 1. The Labute approximate surface area is 135 Å². The molecule has 114 valence electrons. The van der Waals surface area contributed by atoms with E-state index in [-0.39, 0.29) is 4.47 Å². The first kappa shape index (κ1) is 16.5. The van der Waals surface area contributed by atoms with Crippen LogP contribution in [0.25, 0.3) is 10.6 Å². The topological polar surface area (TPSA) is 24.9 Å². The predicted octanol–water partition coefficient (Wildman–Crippen LogP) is 4.91. The van der Waals surface area contributed by atoms with Crippen molar-refractivity contribution in [2.24, 2.45) is 0 Å². The number of thiazole rings is 1. The van der Waals surface area contributed by atoms with Crippen molar-refractivity contribution in [1.29, 1.82) is 0 Å². The van der Waals surface area contributed by atoms with Crippen molar-refractivity contribution in [1.82, 2.24) is 10.3 Å². The molecule has 1 aromatic heterocycles. The molecule has 6 heteroatoms. The Balaban J connectivity index is 2.39. The molecule has 0 aliphatic heterocycles. The van der Waals surface area contributed by atoms with Crippen molar-refractivity contribution < 1.29 is 8.78 Å².